The maximum absolute atomic E-state index is 9.49. The average molecular weight is 137 g/mol. The van der Waals surface area contributed by atoms with Gasteiger partial charge >= 0.3 is 46.1 Å². The van der Waals surface area contributed by atoms with E-state index >= 15 is 0 Å². The van der Waals surface area contributed by atoms with Gasteiger partial charge in [-0.2, -0.15) is 0 Å². The molecule has 0 radical (unpaired) electrons. The van der Waals surface area contributed by atoms with Gasteiger partial charge < -0.3 is 0 Å². The van der Waals surface area contributed by atoms with Gasteiger partial charge in [0.15, 0.2) is 0 Å². The summed E-state index contributed by atoms with van der Waals surface area (Å²) in [6, 6.07) is 0. The Morgan fingerprint density at radius 3 is 3.14 bits per heavy atom. The Labute approximate surface area is 46.9 Å². The predicted octanol–water partition coefficient (Wildman–Crippen LogP) is 0.776. The minimum absolute atomic E-state index is 0.237. The van der Waals surface area contributed by atoms with Crippen LogP contribution in [0.1, 0.15) is 0 Å². The first kappa shape index (κ1) is 7.28. The first-order chi connectivity index (χ1) is 3.41. The van der Waals surface area contributed by atoms with Gasteiger partial charge in [-0.1, -0.05) is 0 Å². The molecule has 0 atom stereocenters. The summed E-state index contributed by atoms with van der Waals surface area (Å²) in [5.74, 6) is 2.37. The second kappa shape index (κ2) is 6.28. The third-order valence-corrected chi connectivity index (χ3v) is 0.686. The van der Waals surface area contributed by atoms with Crippen LogP contribution in [0.25, 0.3) is 0 Å². The van der Waals surface area contributed by atoms with E-state index in [1.165, 1.54) is 0 Å². The minimum atomic E-state index is -0.237. The van der Waals surface area contributed by atoms with Gasteiger partial charge in [-0.3, -0.25) is 0 Å². The molecule has 7 heavy (non-hydrogen) atoms. The molecule has 0 aromatic heterocycles. The Morgan fingerprint density at radius 2 is 2.71 bits per heavy atom. The van der Waals surface area contributed by atoms with Crippen LogP contribution >= 0.6 is 19.9 Å². The van der Waals surface area contributed by atoms with E-state index in [1.54, 1.807) is 0 Å². The Morgan fingerprint density at radius 1 is 2.00 bits per heavy atom. The van der Waals surface area contributed by atoms with E-state index in [2.05, 4.69) is 10.5 Å². The number of hydrogen-bond acceptors (Lipinski definition) is 4. The van der Waals surface area contributed by atoms with Crippen LogP contribution in [0.15, 0.2) is 0 Å². The van der Waals surface area contributed by atoms with Crippen molar-refractivity contribution in [1.82, 2.24) is 0 Å². The summed E-state index contributed by atoms with van der Waals surface area (Å²) in [7, 11) is -0.237. The van der Waals surface area contributed by atoms with Gasteiger partial charge in [0.25, 0.3) is 0 Å². The molecule has 0 bridgehead atoms. The molecule has 0 rings (SSSR count). The van der Waals surface area contributed by atoms with Crippen LogP contribution in [0.5, 0.6) is 0 Å². The Balaban J connectivity index is 2.93. The molecule has 40 valence electrons. The van der Waals surface area contributed by atoms with E-state index in [0.29, 0.717) is 5.94 Å². The zero-order chi connectivity index (χ0) is 5.54. The van der Waals surface area contributed by atoms with Gasteiger partial charge in [-0.05, 0) is 0 Å². The number of nitrogens with two attached hydrogens (primary N) is 1. The van der Waals surface area contributed by atoms with Crippen LogP contribution < -0.4 is 5.14 Å². The fourth-order valence-electron chi connectivity index (χ4n) is 0.0867. The SMILES string of the molecule is NSCOC#P=O. The van der Waals surface area contributed by atoms with Crippen molar-refractivity contribution < 1.29 is 9.30 Å². The molecule has 0 aromatic rings. The normalized spacial score (nSPS) is 7.57. The van der Waals surface area contributed by atoms with E-state index in [0.717, 1.165) is 11.9 Å². The molecule has 0 aromatic carbocycles. The van der Waals surface area contributed by atoms with Crippen molar-refractivity contribution in [3.63, 3.8) is 0 Å². The van der Waals surface area contributed by atoms with E-state index in [1.807, 2.05) is 0 Å². The van der Waals surface area contributed by atoms with Gasteiger partial charge in [0, 0.05) is 0 Å². The van der Waals surface area contributed by atoms with Gasteiger partial charge in [-0.25, -0.2) is 0 Å². The van der Waals surface area contributed by atoms with Crippen molar-refractivity contribution in [3.05, 3.63) is 0 Å². The standard InChI is InChI=1S/C2H4NO2PS/c3-7-2-5-1-6-4/h2-3H2. The monoisotopic (exact) mass is 137 g/mol. The van der Waals surface area contributed by atoms with Gasteiger partial charge in [0.1, 0.15) is 0 Å². The number of ether oxygens (including phenoxy) is 1. The molecule has 0 saturated carbocycles. The van der Waals surface area contributed by atoms with Crippen LogP contribution in [0.4, 0.5) is 0 Å². The summed E-state index contributed by atoms with van der Waals surface area (Å²) in [5.41, 5.74) is 0. The molecule has 0 spiro atoms. The first-order valence-electron chi connectivity index (χ1n) is 1.42. The Bertz CT molecular complexity index is 119. The summed E-state index contributed by atoms with van der Waals surface area (Å²) in [5, 5.41) is 4.92. The molecule has 0 aliphatic carbocycles. The molecular formula is C2H4NO2PS. The number of rotatable bonds is 2. The van der Waals surface area contributed by atoms with Crippen molar-refractivity contribution in [2.75, 3.05) is 5.94 Å². The summed E-state index contributed by atoms with van der Waals surface area (Å²) in [6.45, 7) is 0. The molecule has 0 saturated heterocycles. The number of hydrogen-bond donors (Lipinski definition) is 1. The summed E-state index contributed by atoms with van der Waals surface area (Å²) in [4.78, 5) is 0. The van der Waals surface area contributed by atoms with Gasteiger partial charge in [-0.15, -0.1) is 0 Å². The topological polar surface area (TPSA) is 52.3 Å². The molecule has 0 aliphatic rings. The third kappa shape index (κ3) is 6.28. The summed E-state index contributed by atoms with van der Waals surface area (Å²) in [6.07, 6.45) is 0. The molecule has 2 N–H and O–H groups in total. The van der Waals surface area contributed by atoms with Crippen LogP contribution in [-0.4, -0.2) is 5.94 Å². The second-order valence-electron chi connectivity index (χ2n) is 0.611. The molecule has 0 amide bonds. The fourth-order valence-corrected chi connectivity index (χ4v) is 0.418. The molecule has 3 nitrogen and oxygen atoms in total. The summed E-state index contributed by atoms with van der Waals surface area (Å²) < 4.78 is 13.9. The summed E-state index contributed by atoms with van der Waals surface area (Å²) >= 11 is 1.01. The second-order valence-corrected chi connectivity index (χ2v) is 1.55. The molecular weight excluding hydrogens is 133 g/mol. The van der Waals surface area contributed by atoms with E-state index < -0.39 is 0 Å². The quantitative estimate of drug-likeness (QED) is 0.264. The van der Waals surface area contributed by atoms with Crippen molar-refractivity contribution in [3.8, 4) is 5.81 Å². The maximum atomic E-state index is 9.49. The Kier molecular flexibility index (Phi) is 6.53. The van der Waals surface area contributed by atoms with E-state index in [9.17, 15) is 4.57 Å². The van der Waals surface area contributed by atoms with Crippen LogP contribution in [0, 0.1) is 5.81 Å². The van der Waals surface area contributed by atoms with Crippen molar-refractivity contribution >= 4 is 19.9 Å². The predicted molar refractivity (Wildman–Crippen MR) is 29.2 cm³/mol. The Hall–Kier alpha value is 0.280. The third-order valence-electron chi connectivity index (χ3n) is 0.229. The van der Waals surface area contributed by atoms with E-state index in [-0.39, 0.29) is 7.92 Å². The zero-order valence-electron chi connectivity index (χ0n) is 3.46. The molecule has 5 heteroatoms. The van der Waals surface area contributed by atoms with Crippen molar-refractivity contribution in [2.24, 2.45) is 5.14 Å². The zero-order valence-corrected chi connectivity index (χ0v) is 5.17. The fraction of sp³-hybridized carbons (Fsp3) is 0.500. The molecule has 0 heterocycles. The van der Waals surface area contributed by atoms with Crippen molar-refractivity contribution in [1.29, 1.82) is 0 Å². The molecule has 0 fully saturated rings. The first-order valence-corrected chi connectivity index (χ1v) is 3.28. The van der Waals surface area contributed by atoms with Crippen molar-refractivity contribution in [2.45, 2.75) is 0 Å². The van der Waals surface area contributed by atoms with Gasteiger partial charge in [0.05, 0.1) is 0 Å². The molecule has 0 unspecified atom stereocenters. The van der Waals surface area contributed by atoms with Crippen LogP contribution in [-0.2, 0) is 9.30 Å². The van der Waals surface area contributed by atoms with Crippen LogP contribution in [0.2, 0.25) is 0 Å². The average Bonchev–Trinajstić information content (AvgIpc) is 1.69. The van der Waals surface area contributed by atoms with Gasteiger partial charge in [0.2, 0.25) is 0 Å². The van der Waals surface area contributed by atoms with Crippen LogP contribution in [0.3, 0.4) is 0 Å². The van der Waals surface area contributed by atoms with E-state index in [4.69, 9.17) is 5.14 Å². The molecule has 0 aliphatic heterocycles.